The number of rotatable bonds is 9. The van der Waals surface area contributed by atoms with Crippen LogP contribution >= 0.6 is 11.6 Å². The Balaban J connectivity index is 3.01. The number of unbranched alkanes of at least 4 members (excludes halogenated alkanes) is 1. The molecule has 1 N–H and O–H groups in total. The van der Waals surface area contributed by atoms with E-state index in [1.54, 1.807) is 7.11 Å². The average Bonchev–Trinajstić information content (AvgIpc) is 2.45. The van der Waals surface area contributed by atoms with Crippen molar-refractivity contribution in [3.8, 4) is 5.75 Å². The van der Waals surface area contributed by atoms with Gasteiger partial charge in [0.2, 0.25) is 0 Å². The van der Waals surface area contributed by atoms with Crippen LogP contribution in [0, 0.1) is 5.41 Å². The maximum atomic E-state index is 6.16. The molecule has 0 aliphatic rings. The van der Waals surface area contributed by atoms with E-state index >= 15 is 0 Å². The number of ether oxygens (including phenoxy) is 1. The summed E-state index contributed by atoms with van der Waals surface area (Å²) >= 11 is 6.16. The largest absolute Gasteiger partial charge is 0.496 e. The number of halogens is 1. The van der Waals surface area contributed by atoms with E-state index in [1.807, 2.05) is 25.2 Å². The lowest BCUT2D eigenvalue weighted by Crippen LogP contribution is -2.34. The van der Waals surface area contributed by atoms with E-state index in [2.05, 4.69) is 19.2 Å². The quantitative estimate of drug-likeness (QED) is 0.713. The highest BCUT2D eigenvalue weighted by molar-refractivity contribution is 6.30. The van der Waals surface area contributed by atoms with Crippen LogP contribution in [0.5, 0.6) is 5.75 Å². The van der Waals surface area contributed by atoms with Crippen LogP contribution in [0.2, 0.25) is 5.02 Å². The first-order valence-electron chi connectivity index (χ1n) is 7.57. The van der Waals surface area contributed by atoms with Crippen LogP contribution in [-0.4, -0.2) is 20.7 Å². The molecule has 20 heavy (non-hydrogen) atoms. The molecule has 0 radical (unpaired) electrons. The lowest BCUT2D eigenvalue weighted by Gasteiger charge is -2.33. The number of methoxy groups -OCH3 is 1. The molecule has 2 nitrogen and oxygen atoms in total. The van der Waals surface area contributed by atoms with Gasteiger partial charge in [-0.15, -0.1) is 0 Å². The van der Waals surface area contributed by atoms with Crippen molar-refractivity contribution in [2.75, 3.05) is 20.7 Å². The predicted octanol–water partition coefficient (Wildman–Crippen LogP) is 4.70. The van der Waals surface area contributed by atoms with E-state index in [4.69, 9.17) is 16.3 Å². The minimum atomic E-state index is 0.280. The van der Waals surface area contributed by atoms with Gasteiger partial charge in [0, 0.05) is 11.6 Å². The summed E-state index contributed by atoms with van der Waals surface area (Å²) in [4.78, 5) is 0. The van der Waals surface area contributed by atoms with Crippen LogP contribution in [0.3, 0.4) is 0 Å². The number of nitrogens with one attached hydrogen (secondary N) is 1. The number of hydrogen-bond donors (Lipinski definition) is 1. The molecule has 3 heteroatoms. The lowest BCUT2D eigenvalue weighted by molar-refractivity contribution is 0.232. The van der Waals surface area contributed by atoms with Crippen molar-refractivity contribution in [3.63, 3.8) is 0 Å². The molecular weight excluding hydrogens is 270 g/mol. The van der Waals surface area contributed by atoms with Gasteiger partial charge in [-0.1, -0.05) is 38.3 Å². The fourth-order valence-corrected chi connectivity index (χ4v) is 3.08. The van der Waals surface area contributed by atoms with Crippen LogP contribution in [0.25, 0.3) is 0 Å². The van der Waals surface area contributed by atoms with Crippen molar-refractivity contribution in [3.05, 3.63) is 28.8 Å². The molecule has 1 aromatic rings. The molecule has 0 heterocycles. The fourth-order valence-electron chi connectivity index (χ4n) is 2.88. The van der Waals surface area contributed by atoms with E-state index < -0.39 is 0 Å². The van der Waals surface area contributed by atoms with Gasteiger partial charge >= 0.3 is 0 Å². The van der Waals surface area contributed by atoms with Gasteiger partial charge in [-0.05, 0) is 55.5 Å². The Kier molecular flexibility index (Phi) is 7.39. The summed E-state index contributed by atoms with van der Waals surface area (Å²) in [5, 5.41) is 4.15. The molecule has 0 saturated heterocycles. The first-order chi connectivity index (χ1) is 9.60. The monoisotopic (exact) mass is 297 g/mol. The van der Waals surface area contributed by atoms with Gasteiger partial charge in [-0.2, -0.15) is 0 Å². The van der Waals surface area contributed by atoms with Gasteiger partial charge in [0.25, 0.3) is 0 Å². The van der Waals surface area contributed by atoms with Crippen molar-refractivity contribution in [1.29, 1.82) is 0 Å². The van der Waals surface area contributed by atoms with Crippen molar-refractivity contribution in [2.45, 2.75) is 46.0 Å². The normalized spacial score (nSPS) is 14.1. The minimum Gasteiger partial charge on any atom is -0.496 e. The molecule has 0 fully saturated rings. The zero-order valence-electron chi connectivity index (χ0n) is 13.3. The summed E-state index contributed by atoms with van der Waals surface area (Å²) in [5.41, 5.74) is 1.50. The fraction of sp³-hybridized carbons (Fsp3) is 0.647. The summed E-state index contributed by atoms with van der Waals surface area (Å²) in [7, 11) is 3.76. The summed E-state index contributed by atoms with van der Waals surface area (Å²) < 4.78 is 5.49. The van der Waals surface area contributed by atoms with Crippen molar-refractivity contribution in [1.82, 2.24) is 5.32 Å². The van der Waals surface area contributed by atoms with E-state index in [0.29, 0.717) is 0 Å². The number of hydrogen-bond acceptors (Lipinski definition) is 2. The Morgan fingerprint density at radius 2 is 2.05 bits per heavy atom. The zero-order valence-corrected chi connectivity index (χ0v) is 14.0. The van der Waals surface area contributed by atoms with Gasteiger partial charge in [0.05, 0.1) is 7.11 Å². The molecule has 0 amide bonds. The summed E-state index contributed by atoms with van der Waals surface area (Å²) in [6.45, 7) is 5.56. The Labute approximate surface area is 128 Å². The highest BCUT2D eigenvalue weighted by Crippen LogP contribution is 2.36. The van der Waals surface area contributed by atoms with E-state index in [1.165, 1.54) is 24.8 Å². The smallest absolute Gasteiger partial charge is 0.122 e. The van der Waals surface area contributed by atoms with Gasteiger partial charge in [0.15, 0.2) is 0 Å². The molecule has 114 valence electrons. The summed E-state index contributed by atoms with van der Waals surface area (Å²) in [6, 6.07) is 5.91. The molecule has 1 unspecified atom stereocenters. The van der Waals surface area contributed by atoms with Crippen LogP contribution < -0.4 is 10.1 Å². The Morgan fingerprint density at radius 3 is 2.60 bits per heavy atom. The minimum absolute atomic E-state index is 0.280. The molecular formula is C17H28ClNO. The molecule has 1 aromatic carbocycles. The summed E-state index contributed by atoms with van der Waals surface area (Å²) in [5.74, 6) is 0.944. The van der Waals surface area contributed by atoms with Crippen molar-refractivity contribution < 1.29 is 4.74 Å². The maximum Gasteiger partial charge on any atom is 0.122 e. The Hall–Kier alpha value is -0.730. The van der Waals surface area contributed by atoms with Crippen LogP contribution in [0.1, 0.15) is 45.1 Å². The first kappa shape index (κ1) is 17.3. The van der Waals surface area contributed by atoms with Crippen LogP contribution in [0.4, 0.5) is 0 Å². The number of benzene rings is 1. The zero-order chi connectivity index (χ0) is 15.0. The second-order valence-corrected chi connectivity index (χ2v) is 6.06. The average molecular weight is 298 g/mol. The lowest BCUT2D eigenvalue weighted by atomic mass is 9.75. The molecule has 0 bridgehead atoms. The summed E-state index contributed by atoms with van der Waals surface area (Å²) in [6.07, 6.45) is 5.89. The second-order valence-electron chi connectivity index (χ2n) is 5.62. The molecule has 0 aliphatic carbocycles. The van der Waals surface area contributed by atoms with Gasteiger partial charge in [-0.3, -0.25) is 0 Å². The van der Waals surface area contributed by atoms with E-state index in [0.717, 1.165) is 30.2 Å². The first-order valence-corrected chi connectivity index (χ1v) is 7.95. The highest BCUT2D eigenvalue weighted by atomic mass is 35.5. The standard InChI is InChI=1S/C17H28ClNO/c1-5-7-10-17(6-2,13-19-3)12-14-11-15(18)8-9-16(14)20-4/h8-9,11,19H,5-7,10,12-13H2,1-4H3. The maximum absolute atomic E-state index is 6.16. The van der Waals surface area contributed by atoms with Gasteiger partial charge in [0.1, 0.15) is 5.75 Å². The third-order valence-electron chi connectivity index (χ3n) is 4.17. The molecule has 0 saturated carbocycles. The predicted molar refractivity (Wildman–Crippen MR) is 87.9 cm³/mol. The van der Waals surface area contributed by atoms with Crippen LogP contribution in [0.15, 0.2) is 18.2 Å². The second kappa shape index (κ2) is 8.53. The Bertz CT molecular complexity index is 408. The Morgan fingerprint density at radius 1 is 1.30 bits per heavy atom. The van der Waals surface area contributed by atoms with Crippen molar-refractivity contribution in [2.24, 2.45) is 5.41 Å². The van der Waals surface area contributed by atoms with E-state index in [-0.39, 0.29) is 5.41 Å². The van der Waals surface area contributed by atoms with E-state index in [9.17, 15) is 0 Å². The third-order valence-corrected chi connectivity index (χ3v) is 4.41. The third kappa shape index (κ3) is 4.68. The van der Waals surface area contributed by atoms with Crippen LogP contribution in [-0.2, 0) is 6.42 Å². The van der Waals surface area contributed by atoms with Crippen molar-refractivity contribution >= 4 is 11.6 Å². The molecule has 1 atom stereocenters. The molecule has 0 aliphatic heterocycles. The van der Waals surface area contributed by atoms with Gasteiger partial charge < -0.3 is 10.1 Å². The molecule has 0 aromatic heterocycles. The SMILES string of the molecule is CCCCC(CC)(CNC)Cc1cc(Cl)ccc1OC. The topological polar surface area (TPSA) is 21.3 Å². The molecule has 0 spiro atoms. The molecule has 1 rings (SSSR count). The van der Waals surface area contributed by atoms with Gasteiger partial charge in [-0.25, -0.2) is 0 Å². The highest BCUT2D eigenvalue weighted by Gasteiger charge is 2.28.